The molecule has 0 fully saturated rings. The van der Waals surface area contributed by atoms with Crippen LogP contribution >= 0.6 is 11.8 Å². The summed E-state index contributed by atoms with van der Waals surface area (Å²) in [6, 6.07) is 21.4. The third-order valence-corrected chi connectivity index (χ3v) is 7.81. The monoisotopic (exact) mass is 513 g/mol. The van der Waals surface area contributed by atoms with E-state index in [0.29, 0.717) is 17.0 Å². The number of benzene rings is 3. The number of hydrogen-bond donors (Lipinski definition) is 1. The first-order valence-electron chi connectivity index (χ1n) is 11.9. The number of fused-ring (bicyclic) bond motifs is 3. The molecule has 0 saturated carbocycles. The lowest BCUT2D eigenvalue weighted by Crippen LogP contribution is -2.44. The Morgan fingerprint density at radius 2 is 1.81 bits per heavy atom. The zero-order chi connectivity index (χ0) is 26.1. The number of hydrogen-bond acceptors (Lipinski definition) is 5. The van der Waals surface area contributed by atoms with Gasteiger partial charge in [-0.25, -0.2) is 0 Å². The molecule has 1 aliphatic heterocycles. The first-order chi connectivity index (χ1) is 17.9. The molecule has 8 heteroatoms. The number of aryl methyl sites for hydroxylation is 1. The Morgan fingerprint density at radius 1 is 1.05 bits per heavy atom. The first-order valence-corrected chi connectivity index (χ1v) is 12.9. The molecule has 2 amide bonds. The van der Waals surface area contributed by atoms with Crippen LogP contribution in [0.4, 0.5) is 5.69 Å². The van der Waals surface area contributed by atoms with Crippen LogP contribution in [-0.4, -0.2) is 35.0 Å². The van der Waals surface area contributed by atoms with Gasteiger partial charge in [0.2, 0.25) is 11.8 Å². The number of nitrogens with zero attached hydrogens (tertiary/aromatic N) is 2. The molecule has 188 valence electrons. The molecule has 1 aromatic heterocycles. The molecule has 3 aromatic carbocycles. The van der Waals surface area contributed by atoms with E-state index in [1.54, 1.807) is 31.4 Å². The number of thioether (sulfide) groups is 1. The van der Waals surface area contributed by atoms with Crippen LogP contribution in [0.25, 0.3) is 10.9 Å². The highest BCUT2D eigenvalue weighted by Crippen LogP contribution is 2.43. The Kier molecular flexibility index (Phi) is 6.76. The van der Waals surface area contributed by atoms with Gasteiger partial charge in [-0.3, -0.25) is 19.3 Å². The van der Waals surface area contributed by atoms with E-state index in [1.165, 1.54) is 23.6 Å². The molecular weight excluding hydrogens is 486 g/mol. The van der Waals surface area contributed by atoms with Crippen molar-refractivity contribution >= 4 is 45.9 Å². The van der Waals surface area contributed by atoms with Crippen molar-refractivity contribution in [2.24, 2.45) is 7.05 Å². The van der Waals surface area contributed by atoms with E-state index in [0.717, 1.165) is 27.1 Å². The summed E-state index contributed by atoms with van der Waals surface area (Å²) >= 11 is 1.43. The van der Waals surface area contributed by atoms with E-state index in [4.69, 9.17) is 4.74 Å². The van der Waals surface area contributed by atoms with Crippen LogP contribution in [0.3, 0.4) is 0 Å². The van der Waals surface area contributed by atoms with Crippen molar-refractivity contribution in [1.82, 2.24) is 9.88 Å². The molecule has 0 saturated heterocycles. The Labute approximate surface area is 219 Å². The fourth-order valence-electron chi connectivity index (χ4n) is 4.85. The first kappa shape index (κ1) is 24.6. The zero-order valence-corrected chi connectivity index (χ0v) is 21.7. The number of ketones is 1. The topological polar surface area (TPSA) is 80.6 Å². The highest BCUT2D eigenvalue weighted by molar-refractivity contribution is 8.00. The molecule has 0 radical (unpaired) electrons. The smallest absolute Gasteiger partial charge is 0.248 e. The summed E-state index contributed by atoms with van der Waals surface area (Å²) in [5, 5.41) is 4.83. The van der Waals surface area contributed by atoms with Gasteiger partial charge in [0.25, 0.3) is 0 Å². The van der Waals surface area contributed by atoms with Gasteiger partial charge >= 0.3 is 0 Å². The SMILES string of the molecule is COc1ccccc1CNC(=O)[C@H]1c2c(n(C)c3ccccc23)SCC(=O)N1c1cccc(C(C)=O)c1. The third-order valence-electron chi connectivity index (χ3n) is 6.65. The van der Waals surface area contributed by atoms with Crippen LogP contribution in [-0.2, 0) is 23.2 Å². The number of ether oxygens (including phenoxy) is 1. The van der Waals surface area contributed by atoms with E-state index in [9.17, 15) is 14.4 Å². The number of aromatic nitrogens is 1. The number of rotatable bonds is 6. The second-order valence-corrected chi connectivity index (χ2v) is 9.85. The summed E-state index contributed by atoms with van der Waals surface area (Å²) in [4.78, 5) is 41.3. The highest BCUT2D eigenvalue weighted by atomic mass is 32.2. The van der Waals surface area contributed by atoms with Gasteiger partial charge in [0.05, 0.1) is 17.9 Å². The standard InChI is InChI=1S/C29H27N3O4S/c1-18(33)19-10-8-11-21(15-19)32-25(34)17-37-29-26(22-12-5-6-13-23(22)31(29)2)27(32)28(35)30-16-20-9-4-7-14-24(20)36-3/h4-15,27H,16-17H2,1-3H3,(H,30,35)/t27-/m1/s1. The van der Waals surface area contributed by atoms with Gasteiger partial charge in [-0.1, -0.05) is 60.3 Å². The van der Waals surface area contributed by atoms with Crippen LogP contribution in [0.2, 0.25) is 0 Å². The Balaban J connectivity index is 1.65. The summed E-state index contributed by atoms with van der Waals surface area (Å²) in [6.45, 7) is 1.72. The van der Waals surface area contributed by atoms with Crippen molar-refractivity contribution in [3.05, 3.63) is 89.5 Å². The van der Waals surface area contributed by atoms with E-state index in [2.05, 4.69) is 5.32 Å². The van der Waals surface area contributed by atoms with E-state index in [-0.39, 0.29) is 29.9 Å². The van der Waals surface area contributed by atoms with Gasteiger partial charge in [0, 0.05) is 46.9 Å². The maximum atomic E-state index is 14.1. The van der Waals surface area contributed by atoms with Gasteiger partial charge in [-0.15, -0.1) is 0 Å². The minimum absolute atomic E-state index is 0.110. The average molecular weight is 514 g/mol. The lowest BCUT2D eigenvalue weighted by molar-refractivity contribution is -0.125. The fourth-order valence-corrected chi connectivity index (χ4v) is 5.92. The molecule has 0 aliphatic carbocycles. The molecule has 37 heavy (non-hydrogen) atoms. The molecule has 1 N–H and O–H groups in total. The van der Waals surface area contributed by atoms with Crippen LogP contribution in [0.1, 0.15) is 34.5 Å². The number of amides is 2. The predicted molar refractivity (Wildman–Crippen MR) is 145 cm³/mol. The molecule has 7 nitrogen and oxygen atoms in total. The normalized spacial score (nSPS) is 15.3. The highest BCUT2D eigenvalue weighted by Gasteiger charge is 2.39. The molecule has 1 aliphatic rings. The summed E-state index contributed by atoms with van der Waals surface area (Å²) in [6.07, 6.45) is 0. The van der Waals surface area contributed by atoms with Crippen LogP contribution in [0, 0.1) is 0 Å². The van der Waals surface area contributed by atoms with Crippen molar-refractivity contribution < 1.29 is 19.1 Å². The lowest BCUT2D eigenvalue weighted by atomic mass is 10.0. The summed E-state index contributed by atoms with van der Waals surface area (Å²) in [7, 11) is 3.54. The van der Waals surface area contributed by atoms with Gasteiger partial charge in [-0.05, 0) is 31.2 Å². The van der Waals surface area contributed by atoms with E-state index >= 15 is 0 Å². The van der Waals surface area contributed by atoms with Crippen molar-refractivity contribution in [2.75, 3.05) is 17.8 Å². The fraction of sp³-hybridized carbons (Fsp3) is 0.207. The molecule has 0 spiro atoms. The second-order valence-electron chi connectivity index (χ2n) is 8.89. The van der Waals surface area contributed by atoms with Crippen LogP contribution < -0.4 is 15.0 Å². The maximum Gasteiger partial charge on any atom is 0.248 e. The van der Waals surface area contributed by atoms with Crippen molar-refractivity contribution in [1.29, 1.82) is 0 Å². The second kappa shape index (κ2) is 10.1. The van der Waals surface area contributed by atoms with Crippen molar-refractivity contribution in [3.63, 3.8) is 0 Å². The van der Waals surface area contributed by atoms with Gasteiger partial charge < -0.3 is 14.6 Å². The van der Waals surface area contributed by atoms with Crippen LogP contribution in [0.5, 0.6) is 5.75 Å². The van der Waals surface area contributed by atoms with E-state index in [1.807, 2.05) is 60.1 Å². The zero-order valence-electron chi connectivity index (χ0n) is 20.9. The minimum atomic E-state index is -0.930. The Morgan fingerprint density at radius 3 is 2.59 bits per heavy atom. The van der Waals surface area contributed by atoms with Crippen molar-refractivity contribution in [2.45, 2.75) is 24.5 Å². The number of carbonyl (C=O) groups excluding carboxylic acids is 3. The Bertz CT molecular complexity index is 1530. The maximum absolute atomic E-state index is 14.1. The molecule has 0 unspecified atom stereocenters. The molecule has 0 bridgehead atoms. The van der Waals surface area contributed by atoms with Gasteiger partial charge in [-0.2, -0.15) is 0 Å². The molecule has 4 aromatic rings. The third kappa shape index (κ3) is 4.49. The number of methoxy groups -OCH3 is 1. The molecule has 5 rings (SSSR count). The summed E-state index contributed by atoms with van der Waals surface area (Å²) in [5.74, 6) is 0.210. The van der Waals surface area contributed by atoms with Crippen molar-refractivity contribution in [3.8, 4) is 5.75 Å². The number of Topliss-reactive ketones (excluding diaryl/α,β-unsaturated/α-hetero) is 1. The van der Waals surface area contributed by atoms with Gasteiger partial charge in [0.15, 0.2) is 5.78 Å². The minimum Gasteiger partial charge on any atom is -0.496 e. The largest absolute Gasteiger partial charge is 0.496 e. The number of nitrogens with one attached hydrogen (secondary N) is 1. The number of para-hydroxylation sites is 2. The molecule has 2 heterocycles. The number of carbonyl (C=O) groups is 3. The van der Waals surface area contributed by atoms with Gasteiger partial charge in [0.1, 0.15) is 11.8 Å². The molecule has 1 atom stereocenters. The van der Waals surface area contributed by atoms with Crippen LogP contribution in [0.15, 0.2) is 77.8 Å². The average Bonchev–Trinajstić information content (AvgIpc) is 3.09. The Hall–Kier alpha value is -4.04. The summed E-state index contributed by atoms with van der Waals surface area (Å²) < 4.78 is 7.49. The predicted octanol–water partition coefficient (Wildman–Crippen LogP) is 4.89. The lowest BCUT2D eigenvalue weighted by Gasteiger charge is -2.30. The summed E-state index contributed by atoms with van der Waals surface area (Å²) in [5.41, 5.74) is 3.58. The van der Waals surface area contributed by atoms with E-state index < -0.39 is 6.04 Å². The quantitative estimate of drug-likeness (QED) is 0.372. The molecular formula is C29H27N3O4S. The number of anilines is 1.